The van der Waals surface area contributed by atoms with Gasteiger partial charge in [-0.2, -0.15) is 0 Å². The number of unbranched alkanes of at least 4 members (excludes halogenated alkanes) is 1. The van der Waals surface area contributed by atoms with Crippen LogP contribution in [0.25, 0.3) is 0 Å². The van der Waals surface area contributed by atoms with Crippen LogP contribution in [0, 0.1) is 5.92 Å². The first-order chi connectivity index (χ1) is 6.99. The quantitative estimate of drug-likeness (QED) is 0.473. The van der Waals surface area contributed by atoms with Gasteiger partial charge in [-0.05, 0) is 6.42 Å². The van der Waals surface area contributed by atoms with E-state index in [1.165, 1.54) is 0 Å². The lowest BCUT2D eigenvalue weighted by Gasteiger charge is -2.05. The summed E-state index contributed by atoms with van der Waals surface area (Å²) in [5, 5.41) is 17.1. The van der Waals surface area contributed by atoms with E-state index in [4.69, 9.17) is 13.0 Å². The minimum atomic E-state index is -1.34. The van der Waals surface area contributed by atoms with Crippen molar-refractivity contribution in [1.82, 2.24) is 0 Å². The van der Waals surface area contributed by atoms with Crippen LogP contribution in [0.5, 0.6) is 0 Å². The Morgan fingerprint density at radius 2 is 1.92 bits per heavy atom. The lowest BCUT2D eigenvalue weighted by Crippen LogP contribution is -2.23. The highest BCUT2D eigenvalue weighted by Gasteiger charge is 2.24. The van der Waals surface area contributed by atoms with Gasteiger partial charge in [-0.25, -0.2) is 0 Å². The van der Waals surface area contributed by atoms with Crippen LogP contribution in [0.1, 0.15) is 41.7 Å². The minimum Gasteiger partial charge on any atom is -0.481 e. The fraction of sp³-hybridized carbons (Fsp3) is 0.778. The molecule has 0 radical (unpaired) electrons. The summed E-state index contributed by atoms with van der Waals surface area (Å²) in [7, 11) is 0. The van der Waals surface area contributed by atoms with E-state index in [2.05, 4.69) is 0 Å². The molecule has 76 valence electrons. The number of carbonyl (C=O) groups is 2. The Bertz CT molecular complexity index is 206. The molecule has 0 saturated heterocycles. The predicted octanol–water partition coefficient (Wildman–Crippen LogP) is 1.74. The van der Waals surface area contributed by atoms with Gasteiger partial charge in [-0.3, -0.25) is 9.59 Å². The number of carboxylic acid groups (broad SMARTS) is 2. The summed E-state index contributed by atoms with van der Waals surface area (Å²) in [4.78, 5) is 21.0. The molecule has 0 aliphatic heterocycles. The average molecular weight is 190 g/mol. The van der Waals surface area contributed by atoms with Gasteiger partial charge in [0.15, 0.2) is 5.92 Å². The molecule has 0 spiro atoms. The second-order valence-corrected chi connectivity index (χ2v) is 2.80. The molecule has 2 N–H and O–H groups in total. The van der Waals surface area contributed by atoms with Crippen LogP contribution < -0.4 is 0 Å². The van der Waals surface area contributed by atoms with Crippen molar-refractivity contribution >= 4 is 11.9 Å². The number of hydrogen-bond acceptors (Lipinski definition) is 2. The Labute approximate surface area is 80.4 Å². The summed E-state index contributed by atoms with van der Waals surface area (Å²) in [5.74, 6) is -3.97. The number of hydrogen-bond donors (Lipinski definition) is 2. The highest BCUT2D eigenvalue weighted by molar-refractivity contribution is 5.92. The molecule has 0 bridgehead atoms. The van der Waals surface area contributed by atoms with Crippen molar-refractivity contribution in [2.24, 2.45) is 5.92 Å². The lowest BCUT2D eigenvalue weighted by atomic mass is 10.0. The highest BCUT2D eigenvalue weighted by Crippen LogP contribution is 2.11. The monoisotopic (exact) mass is 190 g/mol. The molecule has 4 nitrogen and oxygen atoms in total. The Kier molecular flexibility index (Phi) is 4.24. The van der Waals surface area contributed by atoms with Crippen LogP contribution in [0.15, 0.2) is 0 Å². The summed E-state index contributed by atoms with van der Waals surface area (Å²) < 4.78 is 14.1. The Morgan fingerprint density at radius 1 is 1.31 bits per heavy atom. The number of carboxylic acids is 2. The average Bonchev–Trinajstić information content (AvgIpc) is 2.15. The summed E-state index contributed by atoms with van der Waals surface area (Å²) in [5.41, 5.74) is 0. The van der Waals surface area contributed by atoms with Gasteiger partial charge in [0, 0.05) is 2.74 Å². The predicted molar refractivity (Wildman–Crippen MR) is 47.5 cm³/mol. The maximum Gasteiger partial charge on any atom is 0.317 e. The molecule has 0 aromatic heterocycles. The first-order valence-corrected chi connectivity index (χ1v) is 4.16. The van der Waals surface area contributed by atoms with E-state index in [1.54, 1.807) is 0 Å². The van der Waals surface area contributed by atoms with Gasteiger partial charge in [0.05, 0.1) is 0 Å². The summed E-state index contributed by atoms with van der Waals surface area (Å²) in [6, 6.07) is 0. The van der Waals surface area contributed by atoms with E-state index in [-0.39, 0.29) is 13.3 Å². The molecule has 0 aromatic carbocycles. The zero-order valence-corrected chi connectivity index (χ0v) is 7.40. The molecular formula is C9H16O4. The van der Waals surface area contributed by atoms with Crippen LogP contribution in [-0.2, 0) is 9.59 Å². The van der Waals surface area contributed by atoms with Crippen molar-refractivity contribution in [2.45, 2.75) is 39.0 Å². The van der Waals surface area contributed by atoms with Gasteiger partial charge in [-0.1, -0.05) is 32.6 Å². The molecule has 13 heavy (non-hydrogen) atoms. The van der Waals surface area contributed by atoms with Crippen LogP contribution in [0.2, 0.25) is 0 Å². The molecule has 4 heteroatoms. The van der Waals surface area contributed by atoms with E-state index in [9.17, 15) is 9.59 Å². The lowest BCUT2D eigenvalue weighted by molar-refractivity contribution is -0.154. The van der Waals surface area contributed by atoms with Crippen LogP contribution >= 0.6 is 0 Å². The fourth-order valence-electron chi connectivity index (χ4n) is 0.990. The summed E-state index contributed by atoms with van der Waals surface area (Å²) >= 11 is 0. The van der Waals surface area contributed by atoms with Crippen molar-refractivity contribution < 1.29 is 22.5 Å². The molecule has 0 heterocycles. The van der Waals surface area contributed by atoms with Gasteiger partial charge in [0.25, 0.3) is 0 Å². The van der Waals surface area contributed by atoms with Crippen molar-refractivity contribution in [1.29, 1.82) is 0 Å². The smallest absolute Gasteiger partial charge is 0.317 e. The fourth-order valence-corrected chi connectivity index (χ4v) is 0.990. The largest absolute Gasteiger partial charge is 0.481 e. The van der Waals surface area contributed by atoms with Crippen LogP contribution in [0.4, 0.5) is 0 Å². The molecule has 0 amide bonds. The number of aliphatic carboxylic acids is 2. The topological polar surface area (TPSA) is 74.6 Å². The molecule has 1 unspecified atom stereocenters. The summed E-state index contributed by atoms with van der Waals surface area (Å²) in [6.45, 7) is 0.0291. The van der Waals surface area contributed by atoms with E-state index in [0.717, 1.165) is 0 Å². The first kappa shape index (κ1) is 8.53. The third-order valence-electron chi connectivity index (χ3n) is 1.75. The third-order valence-corrected chi connectivity index (χ3v) is 1.75. The second-order valence-electron chi connectivity index (χ2n) is 2.80. The highest BCUT2D eigenvalue weighted by atomic mass is 16.4. The molecule has 0 rings (SSSR count). The van der Waals surface area contributed by atoms with Crippen molar-refractivity contribution in [3.05, 3.63) is 0 Å². The molecule has 0 aliphatic carbocycles. The van der Waals surface area contributed by atoms with E-state index < -0.39 is 24.3 Å². The van der Waals surface area contributed by atoms with E-state index in [1.807, 2.05) is 0 Å². The summed E-state index contributed by atoms with van der Waals surface area (Å²) in [6.07, 6.45) is 1.24. The van der Waals surface area contributed by atoms with Gasteiger partial charge in [0.2, 0.25) is 0 Å². The zero-order valence-electron chi connectivity index (χ0n) is 9.40. The second kappa shape index (κ2) is 6.46. The van der Waals surface area contributed by atoms with E-state index in [0.29, 0.717) is 19.3 Å². The first-order valence-electron chi connectivity index (χ1n) is 5.44. The Morgan fingerprint density at radius 3 is 2.38 bits per heavy atom. The van der Waals surface area contributed by atoms with Gasteiger partial charge in [-0.15, -0.1) is 0 Å². The number of rotatable bonds is 7. The molecule has 1 atom stereocenters. The zero-order chi connectivity index (χ0) is 11.8. The van der Waals surface area contributed by atoms with Gasteiger partial charge in [0.1, 0.15) is 0 Å². The Hall–Kier alpha value is -1.06. The van der Waals surface area contributed by atoms with Crippen molar-refractivity contribution in [2.75, 3.05) is 0 Å². The molecule has 0 saturated carbocycles. The van der Waals surface area contributed by atoms with Gasteiger partial charge >= 0.3 is 11.9 Å². The van der Waals surface area contributed by atoms with Crippen molar-refractivity contribution in [3.63, 3.8) is 0 Å². The van der Waals surface area contributed by atoms with Crippen LogP contribution in [0.3, 0.4) is 0 Å². The SMILES string of the molecule is [2H]CC([2H])CCCCC(C(=O)O)C(=O)O. The molecule has 0 aliphatic rings. The molecule has 0 fully saturated rings. The normalized spacial score (nSPS) is 14.8. The molecule has 0 aromatic rings. The third kappa shape index (κ3) is 5.22. The standard InChI is InChI=1S/C9H16O4/c1-2-3-4-5-6-7(8(10)11)9(12)13/h7H,2-6H2,1H3,(H,10,11)(H,12,13)/i1D,2D. The Balaban J connectivity index is 3.73. The van der Waals surface area contributed by atoms with Gasteiger partial charge < -0.3 is 10.2 Å². The van der Waals surface area contributed by atoms with Crippen molar-refractivity contribution in [3.8, 4) is 0 Å². The molecular weight excluding hydrogens is 172 g/mol. The van der Waals surface area contributed by atoms with E-state index >= 15 is 0 Å². The maximum atomic E-state index is 10.5. The maximum absolute atomic E-state index is 10.5. The van der Waals surface area contributed by atoms with Crippen LogP contribution in [-0.4, -0.2) is 22.2 Å². The minimum absolute atomic E-state index is 0.0291.